The molecule has 4 aromatic rings. The zero-order valence-electron chi connectivity index (χ0n) is 38.7. The number of piperidine rings is 1. The van der Waals surface area contributed by atoms with Gasteiger partial charge in [0, 0.05) is 74.2 Å². The molecule has 358 valence electrons. The van der Waals surface area contributed by atoms with Gasteiger partial charge in [0.15, 0.2) is 0 Å². The number of aromatic nitrogens is 5. The summed E-state index contributed by atoms with van der Waals surface area (Å²) in [6.07, 6.45) is 11.1. The van der Waals surface area contributed by atoms with E-state index in [2.05, 4.69) is 52.5 Å². The van der Waals surface area contributed by atoms with Crippen molar-refractivity contribution in [1.82, 2.24) is 50.3 Å². The van der Waals surface area contributed by atoms with Crippen LogP contribution in [-0.2, 0) is 25.6 Å². The van der Waals surface area contributed by atoms with Gasteiger partial charge in [-0.25, -0.2) is 19.3 Å². The fraction of sp³-hybridized carbons (Fsp3) is 0.565. The average molecular weight is 924 g/mol. The zero-order chi connectivity index (χ0) is 47.9. The molecule has 4 aromatic heterocycles. The van der Waals surface area contributed by atoms with Crippen LogP contribution in [0.1, 0.15) is 95.5 Å². The van der Waals surface area contributed by atoms with Crippen LogP contribution < -0.4 is 26.6 Å². The van der Waals surface area contributed by atoms with E-state index in [-0.39, 0.29) is 60.6 Å². The van der Waals surface area contributed by atoms with E-state index in [4.69, 9.17) is 9.47 Å². The first-order chi connectivity index (χ1) is 32.0. The maximum atomic E-state index is 13.6. The average Bonchev–Trinajstić information content (AvgIpc) is 3.64. The number of alkyl carbamates (subject to hydrolysis) is 1. The number of fused-ring (bicyclic) bond motifs is 2. The molecule has 0 radical (unpaired) electrons. The summed E-state index contributed by atoms with van der Waals surface area (Å²) < 4.78 is 14.5. The minimum atomic E-state index is -0.899. The summed E-state index contributed by atoms with van der Waals surface area (Å²) in [6.45, 7) is 12.7. The monoisotopic (exact) mass is 923 g/mol. The number of amides is 4. The van der Waals surface area contributed by atoms with Crippen molar-refractivity contribution in [3.8, 4) is 11.9 Å². The largest absolute Gasteiger partial charge is 0.444 e. The van der Waals surface area contributed by atoms with Crippen LogP contribution in [0.2, 0.25) is 0 Å². The second kappa shape index (κ2) is 20.9. The highest BCUT2D eigenvalue weighted by Gasteiger charge is 2.61. The molecule has 0 spiro atoms. The van der Waals surface area contributed by atoms with Gasteiger partial charge in [0.25, 0.3) is 5.91 Å². The number of anilines is 1. The van der Waals surface area contributed by atoms with Crippen LogP contribution in [0.3, 0.4) is 0 Å². The SMILES string of the molecule is CC(C)Nc1cc(-n2ccc3cc(C#N)cnc32)ncc1C(=O)NC1CCC(C(=O)NCCOCCN2C[C@H]3C[C@@]3(NC(=O)[C@H](CCCn3ccnc3[N+](=O)[O-])NC(=O)OC(C)(C)C)C2)CC1. The molecular weight excluding hydrogens is 863 g/mol. The Kier molecular flexibility index (Phi) is 15.0. The van der Waals surface area contributed by atoms with Gasteiger partial charge in [-0.05, 0) is 103 Å². The molecule has 7 rings (SSSR count). The van der Waals surface area contributed by atoms with Crippen LogP contribution in [0.15, 0.2) is 49.2 Å². The molecule has 0 aromatic carbocycles. The summed E-state index contributed by atoms with van der Waals surface area (Å²) in [5, 5.41) is 36.8. The molecule has 2 aliphatic carbocycles. The molecule has 1 saturated heterocycles. The molecule has 4 amide bonds. The molecule has 3 atom stereocenters. The Balaban J connectivity index is 0.801. The lowest BCUT2D eigenvalue weighted by Gasteiger charge is -2.28. The van der Waals surface area contributed by atoms with Gasteiger partial charge < -0.3 is 46.2 Å². The lowest BCUT2D eigenvalue weighted by atomic mass is 9.85. The number of carbonyl (C=O) groups excluding carboxylic acids is 4. The van der Waals surface area contributed by atoms with Crippen molar-refractivity contribution in [1.29, 1.82) is 5.26 Å². The molecule has 3 fully saturated rings. The fourth-order valence-corrected chi connectivity index (χ4v) is 9.02. The number of aryl methyl sites for hydroxylation is 1. The van der Waals surface area contributed by atoms with Gasteiger partial charge in [-0.1, -0.05) is 4.98 Å². The number of carbonyl (C=O) groups is 4. The van der Waals surface area contributed by atoms with Gasteiger partial charge in [-0.2, -0.15) is 5.26 Å². The third-order valence-electron chi connectivity index (χ3n) is 12.4. The van der Waals surface area contributed by atoms with Gasteiger partial charge in [-0.15, -0.1) is 0 Å². The van der Waals surface area contributed by atoms with Gasteiger partial charge in [0.05, 0.1) is 42.1 Å². The number of nitrogens with zero attached hydrogens (tertiary/aromatic N) is 8. The number of pyridine rings is 2. The van der Waals surface area contributed by atoms with Crippen molar-refractivity contribution in [2.75, 3.05) is 44.7 Å². The number of hydrogen-bond donors (Lipinski definition) is 5. The Morgan fingerprint density at radius 1 is 1.04 bits per heavy atom. The van der Waals surface area contributed by atoms with Crippen LogP contribution in [-0.4, -0.2) is 126 Å². The highest BCUT2D eigenvalue weighted by Crippen LogP contribution is 2.49. The van der Waals surface area contributed by atoms with Crippen LogP contribution in [0, 0.1) is 33.3 Å². The molecule has 2 saturated carbocycles. The fourth-order valence-electron chi connectivity index (χ4n) is 9.02. The Labute approximate surface area is 388 Å². The molecule has 5 N–H and O–H groups in total. The number of nitrogens with one attached hydrogen (secondary N) is 5. The number of imidazole rings is 1. The number of nitriles is 1. The summed E-state index contributed by atoms with van der Waals surface area (Å²) in [5.41, 5.74) is 1.03. The van der Waals surface area contributed by atoms with Gasteiger partial charge >= 0.3 is 12.0 Å². The molecule has 0 unspecified atom stereocenters. The molecular formula is C46H61N13O8. The van der Waals surface area contributed by atoms with E-state index in [0.717, 1.165) is 18.4 Å². The van der Waals surface area contributed by atoms with E-state index >= 15 is 0 Å². The van der Waals surface area contributed by atoms with E-state index in [1.807, 2.05) is 36.7 Å². The number of rotatable bonds is 20. The van der Waals surface area contributed by atoms with E-state index in [9.17, 15) is 34.6 Å². The smallest absolute Gasteiger partial charge is 0.434 e. The van der Waals surface area contributed by atoms with Gasteiger partial charge in [-0.3, -0.25) is 23.9 Å². The third-order valence-corrected chi connectivity index (χ3v) is 12.4. The quantitative estimate of drug-likeness (QED) is 0.0473. The van der Waals surface area contributed by atoms with Crippen molar-refractivity contribution in [3.63, 3.8) is 0 Å². The lowest BCUT2D eigenvalue weighted by molar-refractivity contribution is -0.396. The summed E-state index contributed by atoms with van der Waals surface area (Å²) in [5.74, 6) is -0.164. The molecule has 5 heterocycles. The normalized spacial score (nSPS) is 20.6. The van der Waals surface area contributed by atoms with Crippen molar-refractivity contribution >= 4 is 46.5 Å². The Morgan fingerprint density at radius 3 is 2.57 bits per heavy atom. The van der Waals surface area contributed by atoms with Gasteiger partial charge in [0.1, 0.15) is 41.6 Å². The molecule has 21 heteroatoms. The minimum absolute atomic E-state index is 0.0210. The number of hydrogen-bond acceptors (Lipinski definition) is 14. The number of nitro groups is 1. The summed E-state index contributed by atoms with van der Waals surface area (Å²) in [4.78, 5) is 78.8. The van der Waals surface area contributed by atoms with Crippen molar-refractivity contribution < 1.29 is 33.6 Å². The molecule has 1 aliphatic heterocycles. The Morgan fingerprint density at radius 2 is 1.84 bits per heavy atom. The third kappa shape index (κ3) is 12.4. The lowest BCUT2D eigenvalue weighted by Crippen LogP contribution is -2.53. The maximum Gasteiger partial charge on any atom is 0.434 e. The van der Waals surface area contributed by atoms with Crippen LogP contribution in [0.25, 0.3) is 16.9 Å². The zero-order valence-corrected chi connectivity index (χ0v) is 38.7. The van der Waals surface area contributed by atoms with E-state index in [1.54, 1.807) is 33.0 Å². The Bertz CT molecular complexity index is 2480. The topological polar surface area (TPSA) is 266 Å². The summed E-state index contributed by atoms with van der Waals surface area (Å²) >= 11 is 0. The van der Waals surface area contributed by atoms with Crippen LogP contribution >= 0.6 is 0 Å². The molecule has 21 nitrogen and oxygen atoms in total. The van der Waals surface area contributed by atoms with Crippen molar-refractivity contribution in [3.05, 3.63) is 70.4 Å². The minimum Gasteiger partial charge on any atom is -0.444 e. The predicted octanol–water partition coefficient (Wildman–Crippen LogP) is 4.20. The van der Waals surface area contributed by atoms with E-state index in [0.29, 0.717) is 93.2 Å². The van der Waals surface area contributed by atoms with E-state index in [1.165, 1.54) is 23.2 Å². The predicted molar refractivity (Wildman–Crippen MR) is 246 cm³/mol. The Hall–Kier alpha value is -6.66. The van der Waals surface area contributed by atoms with Crippen LogP contribution in [0.4, 0.5) is 16.4 Å². The molecule has 0 bridgehead atoms. The molecule has 3 aliphatic rings. The maximum absolute atomic E-state index is 13.6. The highest BCUT2D eigenvalue weighted by molar-refractivity contribution is 6.00. The second-order valence-corrected chi connectivity index (χ2v) is 19.0. The number of ether oxygens (including phenoxy) is 2. The summed E-state index contributed by atoms with van der Waals surface area (Å²) in [6, 6.07) is 6.65. The molecule has 67 heavy (non-hydrogen) atoms. The van der Waals surface area contributed by atoms with Crippen molar-refractivity contribution in [2.45, 2.75) is 115 Å². The van der Waals surface area contributed by atoms with E-state index < -0.39 is 28.2 Å². The van der Waals surface area contributed by atoms with Crippen LogP contribution in [0.5, 0.6) is 0 Å². The van der Waals surface area contributed by atoms with Gasteiger partial charge in [0.2, 0.25) is 11.8 Å². The first-order valence-electron chi connectivity index (χ1n) is 23.0. The standard InChI is InChI=1S/C46H61N13O8/c1-29(2)52-37-22-38(58-16-12-32-21-30(24-47)25-51-39(32)58)50-26-35(37)41(61)53-34-10-8-31(9-11-34)40(60)48-14-19-66-20-18-56-27-33-23-46(33,28-56)55-42(62)36(54-44(63)67-45(3,4)5)7-6-15-57-17-13-49-43(57)59(64)65/h12-13,16-17,21-22,25-26,29,31,33-34,36H,6-11,14-15,18-20,23,27-28H2,1-5H3,(H,48,60)(H,50,52)(H,53,61)(H,54,63)(H,55,62)/t31?,33-,34?,36+,46-/m1/s1. The number of likely N-dealkylation sites (tertiary alicyclic amines) is 1. The highest BCUT2D eigenvalue weighted by atomic mass is 16.6. The second-order valence-electron chi connectivity index (χ2n) is 19.0. The first kappa shape index (κ1) is 48.3. The summed E-state index contributed by atoms with van der Waals surface area (Å²) in [7, 11) is 0. The first-order valence-corrected chi connectivity index (χ1v) is 23.0. The van der Waals surface area contributed by atoms with Crippen molar-refractivity contribution in [2.24, 2.45) is 11.8 Å².